The Bertz CT molecular complexity index is 666. The van der Waals surface area contributed by atoms with Crippen LogP contribution in [0, 0.1) is 0 Å². The Morgan fingerprint density at radius 1 is 1.22 bits per heavy atom. The standard InChI is InChI=1S/C18H18BrNO3/c19-13-7-9-14(10-8-13)20-18(21)16-5-1-2-6-17(16)23-12-15-4-3-11-22-15/h1-2,5-10,15H,3-4,11-12H2,(H,20,21)/t15-/m0/s1. The van der Waals surface area contributed by atoms with E-state index in [9.17, 15) is 4.79 Å². The van der Waals surface area contributed by atoms with Crippen LogP contribution in [0.15, 0.2) is 53.0 Å². The Labute approximate surface area is 143 Å². The molecular formula is C18H18BrNO3. The van der Waals surface area contributed by atoms with Gasteiger partial charge in [0.2, 0.25) is 0 Å². The number of benzene rings is 2. The predicted molar refractivity (Wildman–Crippen MR) is 93.0 cm³/mol. The van der Waals surface area contributed by atoms with Gasteiger partial charge in [0, 0.05) is 16.8 Å². The van der Waals surface area contributed by atoms with Gasteiger partial charge in [-0.25, -0.2) is 0 Å². The summed E-state index contributed by atoms with van der Waals surface area (Å²) in [5.74, 6) is 0.396. The molecule has 0 radical (unpaired) electrons. The molecule has 3 rings (SSSR count). The van der Waals surface area contributed by atoms with Crippen molar-refractivity contribution in [3.05, 3.63) is 58.6 Å². The summed E-state index contributed by atoms with van der Waals surface area (Å²) in [4.78, 5) is 12.5. The second-order valence-electron chi connectivity index (χ2n) is 5.40. The average molecular weight is 376 g/mol. The Kier molecular flexibility index (Phi) is 5.31. The maximum Gasteiger partial charge on any atom is 0.259 e. The molecule has 1 atom stereocenters. The summed E-state index contributed by atoms with van der Waals surface area (Å²) < 4.78 is 12.3. The number of hydrogen-bond acceptors (Lipinski definition) is 3. The molecular weight excluding hydrogens is 358 g/mol. The third kappa shape index (κ3) is 4.33. The minimum absolute atomic E-state index is 0.123. The summed E-state index contributed by atoms with van der Waals surface area (Å²) in [7, 11) is 0. The number of amides is 1. The lowest BCUT2D eigenvalue weighted by atomic mass is 10.1. The Morgan fingerprint density at radius 2 is 2.00 bits per heavy atom. The average Bonchev–Trinajstić information content (AvgIpc) is 3.09. The molecule has 0 bridgehead atoms. The van der Waals surface area contributed by atoms with Crippen LogP contribution >= 0.6 is 15.9 Å². The summed E-state index contributed by atoms with van der Waals surface area (Å²) >= 11 is 3.38. The van der Waals surface area contributed by atoms with Crippen LogP contribution in [-0.2, 0) is 4.74 Å². The van der Waals surface area contributed by atoms with Crippen LogP contribution < -0.4 is 10.1 Å². The normalized spacial score (nSPS) is 17.0. The summed E-state index contributed by atoms with van der Waals surface area (Å²) in [5.41, 5.74) is 1.26. The van der Waals surface area contributed by atoms with Crippen LogP contribution in [-0.4, -0.2) is 25.2 Å². The molecule has 1 aliphatic heterocycles. The summed E-state index contributed by atoms with van der Waals surface area (Å²) in [6.07, 6.45) is 2.20. The fourth-order valence-electron chi connectivity index (χ4n) is 2.47. The highest BCUT2D eigenvalue weighted by Crippen LogP contribution is 2.22. The van der Waals surface area contributed by atoms with E-state index in [0.29, 0.717) is 17.9 Å². The Hall–Kier alpha value is -1.85. The molecule has 1 heterocycles. The first-order valence-corrected chi connectivity index (χ1v) is 8.42. The second-order valence-corrected chi connectivity index (χ2v) is 6.32. The zero-order chi connectivity index (χ0) is 16.1. The number of halogens is 1. The number of para-hydroxylation sites is 1. The molecule has 1 fully saturated rings. The van der Waals surface area contributed by atoms with E-state index in [4.69, 9.17) is 9.47 Å². The van der Waals surface area contributed by atoms with Crippen molar-refractivity contribution in [2.24, 2.45) is 0 Å². The quantitative estimate of drug-likeness (QED) is 0.848. The SMILES string of the molecule is O=C(Nc1ccc(Br)cc1)c1ccccc1OC[C@@H]1CCCO1. The second kappa shape index (κ2) is 7.62. The minimum Gasteiger partial charge on any atom is -0.490 e. The molecule has 23 heavy (non-hydrogen) atoms. The molecule has 5 heteroatoms. The van der Waals surface area contributed by atoms with Gasteiger partial charge >= 0.3 is 0 Å². The maximum atomic E-state index is 12.5. The lowest BCUT2D eigenvalue weighted by Crippen LogP contribution is -2.19. The van der Waals surface area contributed by atoms with Crippen LogP contribution in [0.3, 0.4) is 0 Å². The number of hydrogen-bond donors (Lipinski definition) is 1. The zero-order valence-electron chi connectivity index (χ0n) is 12.6. The first-order chi connectivity index (χ1) is 11.2. The van der Waals surface area contributed by atoms with Crippen molar-refractivity contribution in [2.45, 2.75) is 18.9 Å². The van der Waals surface area contributed by atoms with E-state index in [0.717, 1.165) is 29.6 Å². The molecule has 0 aliphatic carbocycles. The van der Waals surface area contributed by atoms with Gasteiger partial charge in [0.1, 0.15) is 12.4 Å². The van der Waals surface area contributed by atoms with Crippen LogP contribution in [0.5, 0.6) is 5.75 Å². The molecule has 1 amide bonds. The number of carbonyl (C=O) groups is 1. The van der Waals surface area contributed by atoms with Gasteiger partial charge in [-0.3, -0.25) is 4.79 Å². The van der Waals surface area contributed by atoms with E-state index >= 15 is 0 Å². The van der Waals surface area contributed by atoms with Gasteiger partial charge in [-0.15, -0.1) is 0 Å². The first kappa shape index (κ1) is 16.0. The topological polar surface area (TPSA) is 47.6 Å². The highest BCUT2D eigenvalue weighted by Gasteiger charge is 2.18. The fraction of sp³-hybridized carbons (Fsp3) is 0.278. The molecule has 0 aromatic heterocycles. The first-order valence-electron chi connectivity index (χ1n) is 7.63. The zero-order valence-corrected chi connectivity index (χ0v) is 14.2. The number of rotatable bonds is 5. The van der Waals surface area contributed by atoms with Crippen LogP contribution in [0.4, 0.5) is 5.69 Å². The van der Waals surface area contributed by atoms with Crippen molar-refractivity contribution in [3.8, 4) is 5.75 Å². The van der Waals surface area contributed by atoms with Crippen molar-refractivity contribution >= 4 is 27.5 Å². The number of ether oxygens (including phenoxy) is 2. The van der Waals surface area contributed by atoms with E-state index in [-0.39, 0.29) is 12.0 Å². The third-order valence-electron chi connectivity index (χ3n) is 3.68. The molecule has 1 N–H and O–H groups in total. The van der Waals surface area contributed by atoms with Crippen molar-refractivity contribution in [1.82, 2.24) is 0 Å². The maximum absolute atomic E-state index is 12.5. The third-order valence-corrected chi connectivity index (χ3v) is 4.21. The summed E-state index contributed by atoms with van der Waals surface area (Å²) in [6.45, 7) is 1.27. The smallest absolute Gasteiger partial charge is 0.259 e. The largest absolute Gasteiger partial charge is 0.490 e. The van der Waals surface area contributed by atoms with Gasteiger partial charge < -0.3 is 14.8 Å². The molecule has 1 aliphatic rings. The molecule has 1 saturated heterocycles. The molecule has 0 spiro atoms. The monoisotopic (exact) mass is 375 g/mol. The van der Waals surface area contributed by atoms with E-state index in [1.54, 1.807) is 6.07 Å². The van der Waals surface area contributed by atoms with Crippen molar-refractivity contribution in [3.63, 3.8) is 0 Å². The molecule has 2 aromatic carbocycles. The molecule has 120 valence electrons. The van der Waals surface area contributed by atoms with Gasteiger partial charge in [0.25, 0.3) is 5.91 Å². The van der Waals surface area contributed by atoms with Crippen LogP contribution in [0.1, 0.15) is 23.2 Å². The number of anilines is 1. The molecule has 2 aromatic rings. The van der Waals surface area contributed by atoms with Crippen LogP contribution in [0.2, 0.25) is 0 Å². The lowest BCUT2D eigenvalue weighted by molar-refractivity contribution is 0.0673. The molecule has 4 nitrogen and oxygen atoms in total. The fourth-order valence-corrected chi connectivity index (χ4v) is 2.73. The van der Waals surface area contributed by atoms with Gasteiger partial charge in [0.05, 0.1) is 11.7 Å². The van der Waals surface area contributed by atoms with Gasteiger partial charge in [0.15, 0.2) is 0 Å². The van der Waals surface area contributed by atoms with Gasteiger partial charge in [-0.1, -0.05) is 28.1 Å². The highest BCUT2D eigenvalue weighted by molar-refractivity contribution is 9.10. The lowest BCUT2D eigenvalue weighted by Gasteiger charge is -2.14. The Morgan fingerprint density at radius 3 is 2.74 bits per heavy atom. The van der Waals surface area contributed by atoms with Crippen LogP contribution in [0.25, 0.3) is 0 Å². The van der Waals surface area contributed by atoms with E-state index in [1.165, 1.54) is 0 Å². The summed E-state index contributed by atoms with van der Waals surface area (Å²) in [5, 5.41) is 2.88. The van der Waals surface area contributed by atoms with E-state index < -0.39 is 0 Å². The molecule has 0 saturated carbocycles. The van der Waals surface area contributed by atoms with Gasteiger partial charge in [-0.2, -0.15) is 0 Å². The number of nitrogens with one attached hydrogen (secondary N) is 1. The molecule has 0 unspecified atom stereocenters. The summed E-state index contributed by atoms with van der Waals surface area (Å²) in [6, 6.07) is 14.7. The van der Waals surface area contributed by atoms with Crippen molar-refractivity contribution < 1.29 is 14.3 Å². The van der Waals surface area contributed by atoms with Crippen molar-refractivity contribution in [2.75, 3.05) is 18.5 Å². The van der Waals surface area contributed by atoms with E-state index in [2.05, 4.69) is 21.2 Å². The number of carbonyl (C=O) groups excluding carboxylic acids is 1. The van der Waals surface area contributed by atoms with Crippen molar-refractivity contribution in [1.29, 1.82) is 0 Å². The highest BCUT2D eigenvalue weighted by atomic mass is 79.9. The van der Waals surface area contributed by atoms with E-state index in [1.807, 2.05) is 42.5 Å². The Balaban J connectivity index is 1.68. The van der Waals surface area contributed by atoms with Gasteiger partial charge in [-0.05, 0) is 49.2 Å². The predicted octanol–water partition coefficient (Wildman–Crippen LogP) is 4.26. The minimum atomic E-state index is -0.185.